The third-order valence-electron chi connectivity index (χ3n) is 5.05. The van der Waals surface area contributed by atoms with Gasteiger partial charge in [-0.05, 0) is 35.9 Å². The second kappa shape index (κ2) is 9.12. The Morgan fingerprint density at radius 1 is 1.09 bits per heavy atom. The first-order valence-corrected chi connectivity index (χ1v) is 10.1. The van der Waals surface area contributed by atoms with Crippen molar-refractivity contribution < 1.29 is 23.7 Å². The molecule has 0 fully saturated rings. The first kappa shape index (κ1) is 22.0. The molecule has 1 heterocycles. The Balaban J connectivity index is 1.53. The minimum atomic E-state index is -1.05. The van der Waals surface area contributed by atoms with Crippen molar-refractivity contribution in [2.24, 2.45) is 0 Å². The van der Waals surface area contributed by atoms with E-state index in [4.69, 9.17) is 21.4 Å². The van der Waals surface area contributed by atoms with Crippen LogP contribution in [0, 0.1) is 11.6 Å². The molecule has 3 aromatic carbocycles. The predicted octanol–water partition coefficient (Wildman–Crippen LogP) is 3.86. The zero-order valence-electron chi connectivity index (χ0n) is 16.7. The topological polar surface area (TPSA) is 87.5 Å². The summed E-state index contributed by atoms with van der Waals surface area (Å²) in [6, 6.07) is 13.9. The van der Waals surface area contributed by atoms with Gasteiger partial charge < -0.3 is 14.9 Å². The number of aromatic nitrogens is 2. The van der Waals surface area contributed by atoms with Gasteiger partial charge in [0.15, 0.2) is 11.6 Å². The highest BCUT2D eigenvalue weighted by Gasteiger charge is 2.14. The number of rotatable bonds is 7. The minimum Gasteiger partial charge on any atom is -0.489 e. The molecule has 1 aromatic heterocycles. The molecule has 3 N–H and O–H groups in total. The highest BCUT2D eigenvalue weighted by Crippen LogP contribution is 2.31. The number of halogens is 3. The molecule has 6 nitrogen and oxygen atoms in total. The number of nitrogens with zero attached hydrogens (tertiary/aromatic N) is 1. The third-order valence-corrected chi connectivity index (χ3v) is 5.36. The van der Waals surface area contributed by atoms with E-state index in [2.05, 4.69) is 5.10 Å². The van der Waals surface area contributed by atoms with Crippen molar-refractivity contribution in [2.45, 2.75) is 19.3 Å². The van der Waals surface area contributed by atoms with Crippen molar-refractivity contribution >= 4 is 22.5 Å². The molecule has 0 aliphatic heterocycles. The van der Waals surface area contributed by atoms with E-state index in [1.165, 1.54) is 4.68 Å². The number of ether oxygens (including phenoxy) is 1. The van der Waals surface area contributed by atoms with Crippen molar-refractivity contribution in [3.8, 4) is 16.9 Å². The van der Waals surface area contributed by atoms with Crippen LogP contribution in [0.5, 0.6) is 5.75 Å². The maximum Gasteiger partial charge on any atom is 0.274 e. The highest BCUT2D eigenvalue weighted by atomic mass is 35.5. The summed E-state index contributed by atoms with van der Waals surface area (Å²) in [4.78, 5) is 12.5. The SMILES string of the molecule is O=c1c2cccc(COc3ccc(-c4cc(F)c(F)cc4Cl)cc3)c2[nH]n1C[C@@H](O)CO. The lowest BCUT2D eigenvalue weighted by molar-refractivity contribution is 0.0776. The Morgan fingerprint density at radius 3 is 2.53 bits per heavy atom. The van der Waals surface area contributed by atoms with Crippen LogP contribution >= 0.6 is 11.6 Å². The average molecular weight is 461 g/mol. The summed E-state index contributed by atoms with van der Waals surface area (Å²) in [6.45, 7) is -0.354. The Bertz CT molecular complexity index is 1320. The second-order valence-corrected chi connectivity index (χ2v) is 7.67. The first-order valence-electron chi connectivity index (χ1n) is 9.74. The van der Waals surface area contributed by atoms with Gasteiger partial charge in [0.05, 0.1) is 35.2 Å². The molecule has 0 bridgehead atoms. The normalized spacial score (nSPS) is 12.3. The molecule has 0 radical (unpaired) electrons. The monoisotopic (exact) mass is 460 g/mol. The quantitative estimate of drug-likeness (QED) is 0.365. The first-order chi connectivity index (χ1) is 15.4. The van der Waals surface area contributed by atoms with E-state index in [9.17, 15) is 18.7 Å². The summed E-state index contributed by atoms with van der Waals surface area (Å²) in [7, 11) is 0. The number of aliphatic hydroxyl groups excluding tert-OH is 2. The summed E-state index contributed by atoms with van der Waals surface area (Å²) < 4.78 is 33.9. The number of fused-ring (bicyclic) bond motifs is 1. The highest BCUT2D eigenvalue weighted by molar-refractivity contribution is 6.33. The van der Waals surface area contributed by atoms with Crippen molar-refractivity contribution in [1.29, 1.82) is 0 Å². The van der Waals surface area contributed by atoms with Crippen LogP contribution in [0.25, 0.3) is 22.0 Å². The van der Waals surface area contributed by atoms with E-state index in [-0.39, 0.29) is 23.7 Å². The minimum absolute atomic E-state index is 0.0572. The molecule has 1 atom stereocenters. The summed E-state index contributed by atoms with van der Waals surface area (Å²) in [5.41, 5.74) is 1.97. The number of para-hydroxylation sites is 1. The molecule has 0 saturated carbocycles. The van der Waals surface area contributed by atoms with Gasteiger partial charge in [-0.2, -0.15) is 0 Å². The van der Waals surface area contributed by atoms with Gasteiger partial charge in [-0.15, -0.1) is 0 Å². The largest absolute Gasteiger partial charge is 0.489 e. The number of hydrogen-bond acceptors (Lipinski definition) is 4. The molecule has 4 rings (SSSR count). The van der Waals surface area contributed by atoms with Crippen LogP contribution in [-0.2, 0) is 13.2 Å². The van der Waals surface area contributed by atoms with E-state index in [0.717, 1.165) is 17.7 Å². The standard InChI is InChI=1S/C23H19ClF2N2O4/c24-19-9-21(26)20(25)8-18(19)13-4-6-16(7-5-13)32-12-14-2-1-3-17-22(14)27-28(23(17)31)10-15(30)11-29/h1-9,15,27,29-30H,10-12H2/t15-/m1/s1. The third kappa shape index (κ3) is 4.38. The van der Waals surface area contributed by atoms with Crippen molar-refractivity contribution in [3.05, 3.63) is 87.2 Å². The molecular formula is C23H19ClF2N2O4. The van der Waals surface area contributed by atoms with Gasteiger partial charge in [-0.3, -0.25) is 9.89 Å². The average Bonchev–Trinajstić information content (AvgIpc) is 3.11. The zero-order valence-corrected chi connectivity index (χ0v) is 17.4. The van der Waals surface area contributed by atoms with Crippen molar-refractivity contribution in [2.75, 3.05) is 6.61 Å². The Labute approximate surface area is 186 Å². The molecule has 0 aliphatic rings. The van der Waals surface area contributed by atoms with Gasteiger partial charge in [0.2, 0.25) is 0 Å². The second-order valence-electron chi connectivity index (χ2n) is 7.26. The fourth-order valence-corrected chi connectivity index (χ4v) is 3.65. The van der Waals surface area contributed by atoms with Gasteiger partial charge in [0.1, 0.15) is 12.4 Å². The number of benzene rings is 3. The van der Waals surface area contributed by atoms with Crippen LogP contribution in [-0.4, -0.2) is 32.7 Å². The molecule has 166 valence electrons. The smallest absolute Gasteiger partial charge is 0.274 e. The number of aromatic amines is 1. The lowest BCUT2D eigenvalue weighted by atomic mass is 10.1. The molecule has 4 aromatic rings. The van der Waals surface area contributed by atoms with Gasteiger partial charge in [-0.25, -0.2) is 13.5 Å². The molecule has 0 amide bonds. The van der Waals surface area contributed by atoms with E-state index < -0.39 is 24.3 Å². The summed E-state index contributed by atoms with van der Waals surface area (Å²) in [5, 5.41) is 22.1. The lowest BCUT2D eigenvalue weighted by Crippen LogP contribution is -2.27. The van der Waals surface area contributed by atoms with E-state index in [1.807, 2.05) is 0 Å². The van der Waals surface area contributed by atoms with Crippen molar-refractivity contribution in [3.63, 3.8) is 0 Å². The molecule has 32 heavy (non-hydrogen) atoms. The van der Waals surface area contributed by atoms with Crippen LogP contribution in [0.3, 0.4) is 0 Å². The fourth-order valence-electron chi connectivity index (χ4n) is 3.39. The zero-order chi connectivity index (χ0) is 22.8. The maximum atomic E-state index is 13.6. The fraction of sp³-hybridized carbons (Fsp3) is 0.174. The Morgan fingerprint density at radius 2 is 1.81 bits per heavy atom. The van der Waals surface area contributed by atoms with Gasteiger partial charge >= 0.3 is 0 Å². The molecule has 0 spiro atoms. The van der Waals surface area contributed by atoms with E-state index >= 15 is 0 Å². The van der Waals surface area contributed by atoms with E-state index in [0.29, 0.717) is 27.8 Å². The molecule has 0 saturated heterocycles. The number of nitrogens with one attached hydrogen (secondary N) is 1. The molecular weight excluding hydrogens is 442 g/mol. The van der Waals surface area contributed by atoms with Crippen molar-refractivity contribution in [1.82, 2.24) is 9.78 Å². The molecule has 9 heteroatoms. The van der Waals surface area contributed by atoms with E-state index in [1.54, 1.807) is 42.5 Å². The van der Waals surface area contributed by atoms with Gasteiger partial charge in [0, 0.05) is 11.1 Å². The van der Waals surface area contributed by atoms with Gasteiger partial charge in [0.25, 0.3) is 5.56 Å². The molecule has 0 aliphatic carbocycles. The van der Waals surface area contributed by atoms with Gasteiger partial charge in [-0.1, -0.05) is 35.9 Å². The maximum absolute atomic E-state index is 13.6. The number of H-pyrrole nitrogens is 1. The van der Waals surface area contributed by atoms with Crippen LogP contribution < -0.4 is 10.3 Å². The predicted molar refractivity (Wildman–Crippen MR) is 117 cm³/mol. The summed E-state index contributed by atoms with van der Waals surface area (Å²) >= 11 is 6.03. The van der Waals surface area contributed by atoms with Crippen LogP contribution in [0.2, 0.25) is 5.02 Å². The Kier molecular flexibility index (Phi) is 6.27. The van der Waals surface area contributed by atoms with Crippen LogP contribution in [0.15, 0.2) is 59.4 Å². The molecule has 0 unspecified atom stereocenters. The number of hydrogen-bond donors (Lipinski definition) is 3. The van der Waals surface area contributed by atoms with Crippen LogP contribution in [0.4, 0.5) is 8.78 Å². The van der Waals surface area contributed by atoms with Crippen LogP contribution in [0.1, 0.15) is 5.56 Å². The summed E-state index contributed by atoms with van der Waals surface area (Å²) in [6.07, 6.45) is -1.05. The number of aliphatic hydroxyl groups is 2. The Hall–Kier alpha value is -3.20. The summed E-state index contributed by atoms with van der Waals surface area (Å²) in [5.74, 6) is -1.46. The lowest BCUT2D eigenvalue weighted by Gasteiger charge is -2.10.